The minimum Gasteiger partial charge on any atom is -0.394 e. The van der Waals surface area contributed by atoms with Crippen molar-refractivity contribution in [3.05, 3.63) is 12.2 Å². The van der Waals surface area contributed by atoms with E-state index in [4.69, 9.17) is 9.84 Å². The van der Waals surface area contributed by atoms with Crippen LogP contribution < -0.4 is 0 Å². The Labute approximate surface area is 124 Å². The van der Waals surface area contributed by atoms with E-state index in [9.17, 15) is 10.2 Å². The molecule has 9 heteroatoms. The fraction of sp³-hybridized carbons (Fsp3) is 0.583. The van der Waals surface area contributed by atoms with Crippen molar-refractivity contribution in [1.29, 1.82) is 0 Å². The number of aryl methyl sites for hydroxylation is 1. The second-order valence-corrected chi connectivity index (χ2v) is 5.63. The molecule has 1 unspecified atom stereocenters. The summed E-state index contributed by atoms with van der Waals surface area (Å²) in [6, 6.07) is 0. The number of ether oxygens (including phenoxy) is 1. The van der Waals surface area contributed by atoms with Crippen LogP contribution in [0.5, 0.6) is 0 Å². The number of rotatable bonds is 3. The van der Waals surface area contributed by atoms with Gasteiger partial charge in [-0.25, -0.2) is 15.0 Å². The van der Waals surface area contributed by atoms with Crippen LogP contribution in [0.15, 0.2) is 11.4 Å². The molecule has 8 nitrogen and oxygen atoms in total. The lowest BCUT2D eigenvalue weighted by Crippen LogP contribution is -2.33. The molecule has 1 aliphatic rings. The molecule has 3 N–H and O–H groups in total. The van der Waals surface area contributed by atoms with E-state index < -0.39 is 24.5 Å². The summed E-state index contributed by atoms with van der Waals surface area (Å²) in [4.78, 5) is 12.9. The lowest BCUT2D eigenvalue weighted by atomic mass is 10.1. The Bertz CT molecular complexity index is 664. The van der Waals surface area contributed by atoms with E-state index in [2.05, 4.69) is 15.0 Å². The first-order valence-corrected chi connectivity index (χ1v) is 7.67. The smallest absolute Gasteiger partial charge is 0.166 e. The van der Waals surface area contributed by atoms with Crippen molar-refractivity contribution in [3.8, 4) is 0 Å². The summed E-state index contributed by atoms with van der Waals surface area (Å²) in [5.74, 6) is 0.584. The maximum Gasteiger partial charge on any atom is 0.166 e. The molecule has 0 aromatic carbocycles. The maximum atomic E-state index is 10.1. The maximum absolute atomic E-state index is 10.1. The van der Waals surface area contributed by atoms with E-state index >= 15 is 0 Å². The van der Waals surface area contributed by atoms with E-state index in [1.165, 1.54) is 18.1 Å². The van der Waals surface area contributed by atoms with Gasteiger partial charge >= 0.3 is 0 Å². The predicted molar refractivity (Wildman–Crippen MR) is 74.9 cm³/mol. The van der Waals surface area contributed by atoms with Crippen molar-refractivity contribution < 1.29 is 20.1 Å². The summed E-state index contributed by atoms with van der Waals surface area (Å²) in [6.45, 7) is 1.40. The van der Waals surface area contributed by atoms with E-state index in [1.807, 2.05) is 6.26 Å². The summed E-state index contributed by atoms with van der Waals surface area (Å²) < 4.78 is 7.07. The minimum absolute atomic E-state index is 0.370. The van der Waals surface area contributed by atoms with Crippen molar-refractivity contribution >= 4 is 22.9 Å². The summed E-state index contributed by atoms with van der Waals surface area (Å²) >= 11 is 1.46. The van der Waals surface area contributed by atoms with Gasteiger partial charge in [-0.05, 0) is 13.2 Å². The third-order valence-corrected chi connectivity index (χ3v) is 4.16. The predicted octanol–water partition coefficient (Wildman–Crippen LogP) is -0.532. The third-order valence-electron chi connectivity index (χ3n) is 3.49. The largest absolute Gasteiger partial charge is 0.394 e. The molecule has 1 aliphatic heterocycles. The van der Waals surface area contributed by atoms with Crippen molar-refractivity contribution in [1.82, 2.24) is 19.5 Å². The standard InChI is InChI=1S/C12H16N4O4S/c1-5-14-10-7(11(15-5)21-2)13-4-16(10)12-9(19)8(18)6(3-17)20-12/h4,6,8-9,12,17-19H,3H2,1-2H3/t6-,8-,9-,12?/m1/s1. The molecule has 0 amide bonds. The normalized spacial score (nSPS) is 29.4. The molecule has 0 saturated carbocycles. The molecule has 0 aliphatic carbocycles. The Hall–Kier alpha value is -1.26. The highest BCUT2D eigenvalue weighted by molar-refractivity contribution is 7.98. The number of nitrogens with zero attached hydrogens (tertiary/aromatic N) is 4. The van der Waals surface area contributed by atoms with Crippen LogP contribution in [-0.2, 0) is 4.74 Å². The lowest BCUT2D eigenvalue weighted by Gasteiger charge is -2.16. The molecule has 1 fully saturated rings. The van der Waals surface area contributed by atoms with Crippen LogP contribution in [0.1, 0.15) is 12.1 Å². The van der Waals surface area contributed by atoms with Gasteiger partial charge in [0.1, 0.15) is 34.7 Å². The van der Waals surface area contributed by atoms with Gasteiger partial charge in [0.25, 0.3) is 0 Å². The number of aliphatic hydroxyl groups excluding tert-OH is 3. The number of thioether (sulfide) groups is 1. The molecular weight excluding hydrogens is 296 g/mol. The Morgan fingerprint density at radius 1 is 1.33 bits per heavy atom. The summed E-state index contributed by atoms with van der Waals surface area (Å²) in [5.41, 5.74) is 1.15. The molecule has 3 heterocycles. The number of imidazole rings is 1. The molecule has 1 saturated heterocycles. The van der Waals surface area contributed by atoms with Crippen molar-refractivity contribution in [2.75, 3.05) is 12.9 Å². The monoisotopic (exact) mass is 312 g/mol. The van der Waals surface area contributed by atoms with Gasteiger partial charge < -0.3 is 20.1 Å². The fourth-order valence-corrected chi connectivity index (χ4v) is 2.99. The van der Waals surface area contributed by atoms with Gasteiger partial charge in [0.2, 0.25) is 0 Å². The van der Waals surface area contributed by atoms with Gasteiger partial charge in [-0.3, -0.25) is 4.57 Å². The Morgan fingerprint density at radius 3 is 2.71 bits per heavy atom. The average molecular weight is 312 g/mol. The van der Waals surface area contributed by atoms with E-state index in [0.29, 0.717) is 17.0 Å². The molecule has 0 radical (unpaired) electrons. The van der Waals surface area contributed by atoms with Gasteiger partial charge in [0.15, 0.2) is 11.9 Å². The van der Waals surface area contributed by atoms with Gasteiger partial charge in [-0.1, -0.05) is 0 Å². The van der Waals surface area contributed by atoms with Crippen LogP contribution in [0, 0.1) is 6.92 Å². The molecule has 2 aromatic heterocycles. The number of fused-ring (bicyclic) bond motifs is 1. The second kappa shape index (κ2) is 5.50. The molecule has 21 heavy (non-hydrogen) atoms. The quantitative estimate of drug-likeness (QED) is 0.512. The first kappa shape index (κ1) is 14.7. The number of aliphatic hydroxyl groups is 3. The van der Waals surface area contributed by atoms with Gasteiger partial charge in [-0.2, -0.15) is 0 Å². The highest BCUT2D eigenvalue weighted by Gasteiger charge is 2.44. The molecular formula is C12H16N4O4S. The van der Waals surface area contributed by atoms with Crippen molar-refractivity contribution in [2.24, 2.45) is 0 Å². The van der Waals surface area contributed by atoms with E-state index in [0.717, 1.165) is 5.03 Å². The van der Waals surface area contributed by atoms with Crippen LogP contribution in [0.3, 0.4) is 0 Å². The number of hydrogen-bond donors (Lipinski definition) is 3. The molecule has 2 aromatic rings. The van der Waals surface area contributed by atoms with Crippen molar-refractivity contribution in [3.63, 3.8) is 0 Å². The Morgan fingerprint density at radius 2 is 2.10 bits per heavy atom. The van der Waals surface area contributed by atoms with Crippen LogP contribution in [0.2, 0.25) is 0 Å². The van der Waals surface area contributed by atoms with E-state index in [1.54, 1.807) is 11.5 Å². The average Bonchev–Trinajstić information content (AvgIpc) is 3.01. The Balaban J connectivity index is 2.07. The summed E-state index contributed by atoms with van der Waals surface area (Å²) in [7, 11) is 0. The highest BCUT2D eigenvalue weighted by Crippen LogP contribution is 2.32. The lowest BCUT2D eigenvalue weighted by molar-refractivity contribution is -0.0511. The highest BCUT2D eigenvalue weighted by atomic mass is 32.2. The topological polar surface area (TPSA) is 114 Å². The molecule has 4 atom stereocenters. The zero-order chi connectivity index (χ0) is 15.1. The van der Waals surface area contributed by atoms with Crippen LogP contribution >= 0.6 is 11.8 Å². The van der Waals surface area contributed by atoms with Crippen molar-refractivity contribution in [2.45, 2.75) is 36.5 Å². The second-order valence-electron chi connectivity index (χ2n) is 4.83. The van der Waals surface area contributed by atoms with Gasteiger partial charge in [0.05, 0.1) is 12.9 Å². The molecule has 114 valence electrons. The molecule has 0 spiro atoms. The zero-order valence-corrected chi connectivity index (χ0v) is 12.4. The van der Waals surface area contributed by atoms with Gasteiger partial charge in [-0.15, -0.1) is 11.8 Å². The van der Waals surface area contributed by atoms with E-state index in [-0.39, 0.29) is 6.61 Å². The van der Waals surface area contributed by atoms with Gasteiger partial charge in [0, 0.05) is 0 Å². The number of hydrogen-bond acceptors (Lipinski definition) is 8. The van der Waals surface area contributed by atoms with Crippen LogP contribution in [0.25, 0.3) is 11.2 Å². The number of aromatic nitrogens is 4. The fourth-order valence-electron chi connectivity index (χ4n) is 2.43. The molecule has 3 rings (SSSR count). The first-order valence-electron chi connectivity index (χ1n) is 6.44. The molecule has 0 bridgehead atoms. The van der Waals surface area contributed by atoms with Crippen LogP contribution in [-0.4, -0.2) is 66.0 Å². The Kier molecular flexibility index (Phi) is 3.84. The zero-order valence-electron chi connectivity index (χ0n) is 11.5. The minimum atomic E-state index is -1.16. The summed E-state index contributed by atoms with van der Waals surface area (Å²) in [5, 5.41) is 29.8. The van der Waals surface area contributed by atoms with Crippen LogP contribution in [0.4, 0.5) is 0 Å². The first-order chi connectivity index (χ1) is 10.1. The summed E-state index contributed by atoms with van der Waals surface area (Å²) in [6.07, 6.45) is -0.588. The third kappa shape index (κ3) is 2.30. The SMILES string of the molecule is CSc1nc(C)nc2c1ncn2C1O[C@H](CO)[C@@H](O)[C@H]1O.